The lowest BCUT2D eigenvalue weighted by molar-refractivity contribution is -0.121. The van der Waals surface area contributed by atoms with Crippen LogP contribution >= 0.6 is 0 Å². The molecule has 0 unspecified atom stereocenters. The molecule has 0 spiro atoms. The van der Waals surface area contributed by atoms with Crippen LogP contribution in [0.4, 0.5) is 0 Å². The Labute approximate surface area is 141 Å². The number of benzene rings is 1. The normalized spacial score (nSPS) is 17.0. The summed E-state index contributed by atoms with van der Waals surface area (Å²) in [5, 5.41) is 1.08. The Morgan fingerprint density at radius 1 is 1.17 bits per heavy atom. The van der Waals surface area contributed by atoms with E-state index in [9.17, 15) is 9.59 Å². The highest BCUT2D eigenvalue weighted by Crippen LogP contribution is 2.34. The number of hydrogen-bond acceptors (Lipinski definition) is 2. The molecule has 0 saturated heterocycles. The second-order valence-corrected chi connectivity index (χ2v) is 6.96. The van der Waals surface area contributed by atoms with Crippen molar-refractivity contribution in [1.29, 1.82) is 0 Å². The number of ketones is 1. The summed E-state index contributed by atoms with van der Waals surface area (Å²) in [5.74, 6) is 0.253. The number of nitrogens with zero attached hydrogens (tertiary/aromatic N) is 2. The summed E-state index contributed by atoms with van der Waals surface area (Å²) in [6, 6.07) is 7.82. The Morgan fingerprint density at radius 3 is 2.54 bits per heavy atom. The van der Waals surface area contributed by atoms with Gasteiger partial charge < -0.3 is 9.41 Å². The highest BCUT2D eigenvalue weighted by Gasteiger charge is 2.40. The third-order valence-corrected chi connectivity index (χ3v) is 5.25. The topological polar surface area (TPSA) is 43.4 Å². The minimum Gasteiger partial charge on any atom is -0.310 e. The largest absolute Gasteiger partial charge is 0.310 e. The summed E-state index contributed by atoms with van der Waals surface area (Å²) in [7, 11) is 0. The van der Waals surface area contributed by atoms with Gasteiger partial charge in [-0.05, 0) is 31.0 Å². The van der Waals surface area contributed by atoms with Crippen molar-refractivity contribution in [3.8, 4) is 0 Å². The van der Waals surface area contributed by atoms with Crippen LogP contribution in [0.5, 0.6) is 0 Å². The fraction of sp³-hybridized carbons (Fsp3) is 0.450. The van der Waals surface area contributed by atoms with Crippen molar-refractivity contribution in [2.24, 2.45) is 0 Å². The smallest absolute Gasteiger partial charge is 0.251 e. The van der Waals surface area contributed by atoms with Crippen molar-refractivity contribution in [3.05, 3.63) is 57.2 Å². The van der Waals surface area contributed by atoms with Crippen LogP contribution < -0.4 is 5.56 Å². The second-order valence-electron chi connectivity index (χ2n) is 6.96. The van der Waals surface area contributed by atoms with Gasteiger partial charge in [0.05, 0.1) is 5.52 Å². The Morgan fingerprint density at radius 2 is 1.88 bits per heavy atom. The van der Waals surface area contributed by atoms with Gasteiger partial charge in [-0.2, -0.15) is 0 Å². The molecule has 1 aliphatic rings. The SMILES string of the molecule is [C-]#[N+]C1(CCn2c(=O)cc(C)c3ccc(C)cc32)CCC(=O)CC1. The lowest BCUT2D eigenvalue weighted by Crippen LogP contribution is -2.34. The molecule has 4 nitrogen and oxygen atoms in total. The van der Waals surface area contributed by atoms with E-state index >= 15 is 0 Å². The molecule has 2 aromatic rings. The van der Waals surface area contributed by atoms with E-state index in [4.69, 9.17) is 6.57 Å². The fourth-order valence-electron chi connectivity index (χ4n) is 3.62. The van der Waals surface area contributed by atoms with Crippen molar-refractivity contribution in [3.63, 3.8) is 0 Å². The van der Waals surface area contributed by atoms with Crippen LogP contribution in [0.3, 0.4) is 0 Å². The van der Waals surface area contributed by atoms with Crippen LogP contribution in [0.2, 0.25) is 0 Å². The molecule has 1 aromatic carbocycles. The predicted molar refractivity (Wildman–Crippen MR) is 95.1 cm³/mol. The number of carbonyl (C=O) groups excluding carboxylic acids is 1. The Kier molecular flexibility index (Phi) is 4.28. The molecular formula is C20H22N2O2. The molecule has 24 heavy (non-hydrogen) atoms. The monoisotopic (exact) mass is 322 g/mol. The van der Waals surface area contributed by atoms with Gasteiger partial charge in [0.1, 0.15) is 5.78 Å². The first kappa shape index (κ1) is 16.4. The van der Waals surface area contributed by atoms with Gasteiger partial charge in [-0.15, -0.1) is 0 Å². The molecule has 0 atom stereocenters. The van der Waals surface area contributed by atoms with Crippen LogP contribution in [0, 0.1) is 20.4 Å². The molecule has 0 aliphatic heterocycles. The van der Waals surface area contributed by atoms with Crippen LogP contribution in [-0.4, -0.2) is 15.9 Å². The molecule has 1 aromatic heterocycles. The van der Waals surface area contributed by atoms with Gasteiger partial charge in [0.15, 0.2) is 0 Å². The number of Topliss-reactive ketones (excluding diaryl/α,β-unsaturated/α-hetero) is 1. The van der Waals surface area contributed by atoms with E-state index in [1.54, 1.807) is 10.6 Å². The maximum Gasteiger partial charge on any atom is 0.251 e. The second kappa shape index (κ2) is 6.24. The molecule has 0 bridgehead atoms. The van der Waals surface area contributed by atoms with Crippen molar-refractivity contribution < 1.29 is 4.79 Å². The Balaban J connectivity index is 1.96. The molecule has 0 amide bonds. The van der Waals surface area contributed by atoms with Gasteiger partial charge in [0.25, 0.3) is 5.56 Å². The first-order chi connectivity index (χ1) is 11.4. The zero-order chi connectivity index (χ0) is 17.3. The summed E-state index contributed by atoms with van der Waals surface area (Å²) in [6.07, 6.45) is 2.84. The quantitative estimate of drug-likeness (QED) is 0.807. The van der Waals surface area contributed by atoms with Crippen LogP contribution in [0.1, 0.15) is 43.2 Å². The molecule has 0 radical (unpaired) electrons. The van der Waals surface area contributed by atoms with Gasteiger partial charge in [-0.3, -0.25) is 9.59 Å². The number of carbonyl (C=O) groups is 1. The maximum atomic E-state index is 12.5. The maximum absolute atomic E-state index is 12.5. The molecule has 124 valence electrons. The number of aromatic nitrogens is 1. The summed E-state index contributed by atoms with van der Waals surface area (Å²) >= 11 is 0. The van der Waals surface area contributed by atoms with Crippen LogP contribution in [0.15, 0.2) is 29.1 Å². The van der Waals surface area contributed by atoms with Gasteiger partial charge in [-0.1, -0.05) is 12.1 Å². The van der Waals surface area contributed by atoms with Gasteiger partial charge in [-0.25, -0.2) is 6.57 Å². The van der Waals surface area contributed by atoms with Crippen LogP contribution in [-0.2, 0) is 11.3 Å². The fourth-order valence-corrected chi connectivity index (χ4v) is 3.62. The Hall–Kier alpha value is -2.41. The molecule has 1 saturated carbocycles. The number of pyridine rings is 1. The Bertz CT molecular complexity index is 892. The minimum absolute atomic E-state index is 0.0161. The van der Waals surface area contributed by atoms with E-state index in [1.165, 1.54) is 0 Å². The van der Waals surface area contributed by atoms with Gasteiger partial charge in [0, 0.05) is 50.1 Å². The zero-order valence-electron chi connectivity index (χ0n) is 14.3. The van der Waals surface area contributed by atoms with E-state index in [0.29, 0.717) is 38.6 Å². The third-order valence-electron chi connectivity index (χ3n) is 5.25. The van der Waals surface area contributed by atoms with Gasteiger partial charge in [0.2, 0.25) is 5.54 Å². The molecule has 3 rings (SSSR count). The van der Waals surface area contributed by atoms with Crippen molar-refractivity contribution in [2.75, 3.05) is 0 Å². The number of hydrogen-bond donors (Lipinski definition) is 0. The van der Waals surface area contributed by atoms with E-state index in [2.05, 4.69) is 17.0 Å². The molecule has 1 aliphatic carbocycles. The highest BCUT2D eigenvalue weighted by molar-refractivity contribution is 5.83. The van der Waals surface area contributed by atoms with Crippen molar-refractivity contribution in [2.45, 2.75) is 58.0 Å². The van der Waals surface area contributed by atoms with Crippen molar-refractivity contribution >= 4 is 16.7 Å². The summed E-state index contributed by atoms with van der Waals surface area (Å²) in [5.41, 5.74) is 2.53. The van der Waals surface area contributed by atoms with E-state index in [-0.39, 0.29) is 11.3 Å². The predicted octanol–water partition coefficient (Wildman–Crippen LogP) is 3.81. The first-order valence-electron chi connectivity index (χ1n) is 8.45. The summed E-state index contributed by atoms with van der Waals surface area (Å²) in [4.78, 5) is 27.9. The lowest BCUT2D eigenvalue weighted by atomic mass is 9.79. The third kappa shape index (κ3) is 2.99. The number of fused-ring (bicyclic) bond motifs is 1. The van der Waals surface area contributed by atoms with Crippen LogP contribution in [0.25, 0.3) is 15.7 Å². The average Bonchev–Trinajstić information content (AvgIpc) is 2.56. The highest BCUT2D eigenvalue weighted by atomic mass is 16.1. The van der Waals surface area contributed by atoms with E-state index < -0.39 is 5.54 Å². The molecular weight excluding hydrogens is 300 g/mol. The zero-order valence-corrected chi connectivity index (χ0v) is 14.3. The number of aryl methyl sites for hydroxylation is 3. The molecule has 4 heteroatoms. The van der Waals surface area contributed by atoms with Gasteiger partial charge >= 0.3 is 0 Å². The summed E-state index contributed by atoms with van der Waals surface area (Å²) in [6.45, 7) is 12.1. The first-order valence-corrected chi connectivity index (χ1v) is 8.45. The molecule has 1 heterocycles. The standard InChI is InChI=1S/C20H22N2O2/c1-14-4-5-17-15(2)13-19(24)22(18(17)12-14)11-10-20(21-3)8-6-16(23)7-9-20/h4-5,12-13H,6-11H2,1-2H3. The van der Waals surface area contributed by atoms with E-state index in [0.717, 1.165) is 22.0 Å². The average molecular weight is 322 g/mol. The lowest BCUT2D eigenvalue weighted by Gasteiger charge is -2.26. The minimum atomic E-state index is -0.492. The molecule has 1 fully saturated rings. The number of rotatable bonds is 3. The van der Waals surface area contributed by atoms with E-state index in [1.807, 2.05) is 19.9 Å². The van der Waals surface area contributed by atoms with Crippen molar-refractivity contribution in [1.82, 2.24) is 4.57 Å². The summed E-state index contributed by atoms with van der Waals surface area (Å²) < 4.78 is 1.79. The molecule has 0 N–H and O–H groups in total.